The molecule has 0 aliphatic carbocycles. The molecule has 2 N–H and O–H groups in total. The Kier molecular flexibility index (Phi) is 3.69. The van der Waals surface area contributed by atoms with E-state index in [-0.39, 0.29) is 0 Å². The van der Waals surface area contributed by atoms with Crippen molar-refractivity contribution in [2.45, 2.75) is 32.3 Å². The van der Waals surface area contributed by atoms with E-state index in [1.54, 1.807) is 0 Å². The summed E-state index contributed by atoms with van der Waals surface area (Å²) in [5.74, 6) is 0.969. The maximum atomic E-state index is 10.5. The molecule has 0 spiro atoms. The second kappa shape index (κ2) is 5.07. The van der Waals surface area contributed by atoms with Crippen LogP contribution in [0.25, 0.3) is 0 Å². The minimum absolute atomic E-state index is 0.723. The summed E-state index contributed by atoms with van der Waals surface area (Å²) >= 11 is 0. The Bertz CT molecular complexity index is 388. The number of fused-ring (bicyclic) bond motifs is 1. The summed E-state index contributed by atoms with van der Waals surface area (Å²) in [4.78, 5) is 0. The minimum atomic E-state index is -0.764. The van der Waals surface area contributed by atoms with Gasteiger partial charge in [0.15, 0.2) is 0 Å². The Morgan fingerprint density at radius 3 is 3.06 bits per heavy atom. The van der Waals surface area contributed by atoms with Crippen LogP contribution in [0.2, 0.25) is 0 Å². The summed E-state index contributed by atoms with van der Waals surface area (Å²) in [5.41, 5.74) is 1.44. The molecule has 0 amide bonds. The van der Waals surface area contributed by atoms with Crippen molar-refractivity contribution in [3.63, 3.8) is 0 Å². The second-order valence-electron chi connectivity index (χ2n) is 4.80. The molecule has 2 rings (SSSR count). The van der Waals surface area contributed by atoms with Gasteiger partial charge < -0.3 is 15.2 Å². The average molecular weight is 235 g/mol. The molecule has 3 heteroatoms. The third-order valence-electron chi connectivity index (χ3n) is 3.35. The predicted molar refractivity (Wildman–Crippen MR) is 68.4 cm³/mol. The van der Waals surface area contributed by atoms with Crippen molar-refractivity contribution in [2.24, 2.45) is 0 Å². The molecule has 0 bridgehead atoms. The molecule has 0 radical (unpaired) electrons. The van der Waals surface area contributed by atoms with Crippen LogP contribution in [0, 0.1) is 0 Å². The van der Waals surface area contributed by atoms with Gasteiger partial charge in [-0.25, -0.2) is 0 Å². The van der Waals surface area contributed by atoms with Crippen molar-refractivity contribution in [2.75, 3.05) is 19.7 Å². The molecule has 0 saturated carbocycles. The molecule has 0 aromatic heterocycles. The standard InChI is InChI=1S/C14H21NO2/c1-3-15-8-7-14(2,16)12-4-5-13-11(10-12)6-9-17-13/h4-5,10,15-16H,3,6-9H2,1-2H3. The fourth-order valence-electron chi connectivity index (χ4n) is 2.17. The molecule has 1 aliphatic rings. The zero-order chi connectivity index (χ0) is 12.3. The smallest absolute Gasteiger partial charge is 0.122 e. The van der Waals surface area contributed by atoms with Gasteiger partial charge in [-0.1, -0.05) is 13.0 Å². The van der Waals surface area contributed by atoms with Gasteiger partial charge in [-0.05, 0) is 49.7 Å². The Hall–Kier alpha value is -1.06. The monoisotopic (exact) mass is 235 g/mol. The lowest BCUT2D eigenvalue weighted by molar-refractivity contribution is 0.0481. The molecule has 94 valence electrons. The molecule has 17 heavy (non-hydrogen) atoms. The van der Waals surface area contributed by atoms with E-state index in [9.17, 15) is 5.11 Å². The Labute approximate surface area is 103 Å². The topological polar surface area (TPSA) is 41.5 Å². The SMILES string of the molecule is CCNCCC(C)(O)c1ccc2c(c1)CCO2. The highest BCUT2D eigenvalue weighted by Crippen LogP contribution is 2.31. The highest BCUT2D eigenvalue weighted by Gasteiger charge is 2.24. The van der Waals surface area contributed by atoms with Crippen LogP contribution in [-0.4, -0.2) is 24.8 Å². The number of rotatable bonds is 5. The van der Waals surface area contributed by atoms with Gasteiger partial charge in [-0.2, -0.15) is 0 Å². The highest BCUT2D eigenvalue weighted by atomic mass is 16.5. The van der Waals surface area contributed by atoms with Crippen LogP contribution in [0.4, 0.5) is 0 Å². The zero-order valence-electron chi connectivity index (χ0n) is 10.6. The molecule has 1 unspecified atom stereocenters. The van der Waals surface area contributed by atoms with Crippen molar-refractivity contribution < 1.29 is 9.84 Å². The van der Waals surface area contributed by atoms with Gasteiger partial charge in [0.2, 0.25) is 0 Å². The van der Waals surface area contributed by atoms with Crippen molar-refractivity contribution in [3.05, 3.63) is 29.3 Å². The average Bonchev–Trinajstić information content (AvgIpc) is 2.76. The van der Waals surface area contributed by atoms with Gasteiger partial charge in [-0.15, -0.1) is 0 Å². The molecular formula is C14H21NO2. The number of benzene rings is 1. The summed E-state index contributed by atoms with van der Waals surface area (Å²) in [5, 5.41) is 13.7. The van der Waals surface area contributed by atoms with Crippen molar-refractivity contribution in [1.29, 1.82) is 0 Å². The predicted octanol–water partition coefficient (Wildman–Crippen LogP) is 1.83. The molecule has 1 aromatic carbocycles. The summed E-state index contributed by atoms with van der Waals surface area (Å²) in [7, 11) is 0. The first kappa shape index (κ1) is 12.4. The van der Waals surface area contributed by atoms with E-state index in [0.29, 0.717) is 0 Å². The molecule has 1 aromatic rings. The quantitative estimate of drug-likeness (QED) is 0.765. The van der Waals surface area contributed by atoms with E-state index >= 15 is 0 Å². The van der Waals surface area contributed by atoms with Crippen LogP contribution in [0.5, 0.6) is 5.75 Å². The Morgan fingerprint density at radius 1 is 1.47 bits per heavy atom. The van der Waals surface area contributed by atoms with E-state index < -0.39 is 5.60 Å². The molecule has 1 heterocycles. The van der Waals surface area contributed by atoms with Crippen LogP contribution in [0.15, 0.2) is 18.2 Å². The van der Waals surface area contributed by atoms with Gasteiger partial charge in [0.25, 0.3) is 0 Å². The summed E-state index contributed by atoms with van der Waals surface area (Å²) < 4.78 is 5.47. The van der Waals surface area contributed by atoms with E-state index in [2.05, 4.69) is 18.3 Å². The second-order valence-corrected chi connectivity index (χ2v) is 4.80. The number of nitrogens with one attached hydrogen (secondary N) is 1. The normalized spacial score (nSPS) is 17.4. The Morgan fingerprint density at radius 2 is 2.29 bits per heavy atom. The first-order valence-corrected chi connectivity index (χ1v) is 6.33. The Balaban J connectivity index is 2.10. The number of hydrogen-bond donors (Lipinski definition) is 2. The lowest BCUT2D eigenvalue weighted by Gasteiger charge is -2.24. The van der Waals surface area contributed by atoms with Gasteiger partial charge in [-0.3, -0.25) is 0 Å². The summed E-state index contributed by atoms with van der Waals surface area (Å²) in [6.45, 7) is 6.48. The molecule has 1 atom stereocenters. The van der Waals surface area contributed by atoms with Crippen molar-refractivity contribution in [1.82, 2.24) is 5.32 Å². The third-order valence-corrected chi connectivity index (χ3v) is 3.35. The van der Waals surface area contributed by atoms with E-state index in [0.717, 1.165) is 43.9 Å². The van der Waals surface area contributed by atoms with Crippen molar-refractivity contribution in [3.8, 4) is 5.75 Å². The molecular weight excluding hydrogens is 214 g/mol. The maximum Gasteiger partial charge on any atom is 0.122 e. The van der Waals surface area contributed by atoms with Gasteiger partial charge in [0.05, 0.1) is 12.2 Å². The maximum absolute atomic E-state index is 10.5. The number of aliphatic hydroxyl groups is 1. The van der Waals surface area contributed by atoms with E-state index in [1.807, 2.05) is 19.1 Å². The number of ether oxygens (including phenoxy) is 1. The van der Waals surface area contributed by atoms with Crippen molar-refractivity contribution >= 4 is 0 Å². The molecule has 1 aliphatic heterocycles. The molecule has 0 fully saturated rings. The largest absolute Gasteiger partial charge is 0.493 e. The molecule has 3 nitrogen and oxygen atoms in total. The van der Waals surface area contributed by atoms with Crippen LogP contribution in [-0.2, 0) is 12.0 Å². The van der Waals surface area contributed by atoms with Gasteiger partial charge >= 0.3 is 0 Å². The fourth-order valence-corrected chi connectivity index (χ4v) is 2.17. The van der Waals surface area contributed by atoms with Gasteiger partial charge in [0.1, 0.15) is 5.75 Å². The first-order valence-electron chi connectivity index (χ1n) is 6.33. The summed E-state index contributed by atoms with van der Waals surface area (Å²) in [6.07, 6.45) is 1.67. The zero-order valence-corrected chi connectivity index (χ0v) is 10.6. The van der Waals surface area contributed by atoms with Crippen LogP contribution in [0.1, 0.15) is 31.4 Å². The molecule has 0 saturated heterocycles. The van der Waals surface area contributed by atoms with E-state index in [4.69, 9.17) is 4.74 Å². The lowest BCUT2D eigenvalue weighted by atomic mass is 9.91. The fraction of sp³-hybridized carbons (Fsp3) is 0.571. The summed E-state index contributed by atoms with van der Waals surface area (Å²) in [6, 6.07) is 6.02. The lowest BCUT2D eigenvalue weighted by Crippen LogP contribution is -2.27. The third kappa shape index (κ3) is 2.79. The highest BCUT2D eigenvalue weighted by molar-refractivity contribution is 5.41. The minimum Gasteiger partial charge on any atom is -0.493 e. The number of hydrogen-bond acceptors (Lipinski definition) is 3. The van der Waals surface area contributed by atoms with Gasteiger partial charge in [0, 0.05) is 6.42 Å². The van der Waals surface area contributed by atoms with E-state index in [1.165, 1.54) is 5.56 Å². The van der Waals surface area contributed by atoms with Crippen LogP contribution in [0.3, 0.4) is 0 Å². The first-order chi connectivity index (χ1) is 8.13. The van der Waals surface area contributed by atoms with Crippen LogP contribution >= 0.6 is 0 Å². The van der Waals surface area contributed by atoms with Crippen LogP contribution < -0.4 is 10.1 Å².